The first-order valence-corrected chi connectivity index (χ1v) is 39.3. The highest BCUT2D eigenvalue weighted by molar-refractivity contribution is 5.76. The molecule has 0 aliphatic carbocycles. The van der Waals surface area contributed by atoms with Crippen LogP contribution in [0.4, 0.5) is 0 Å². The largest absolute Gasteiger partial charge is 0.394 e. The van der Waals surface area contributed by atoms with E-state index < -0.39 is 131 Å². The van der Waals surface area contributed by atoms with Gasteiger partial charge >= 0.3 is 0 Å². The molecule has 0 bridgehead atoms. The predicted octanol–water partition coefficient (Wildman–Crippen LogP) is 12.7. The van der Waals surface area contributed by atoms with Crippen LogP contribution in [0.2, 0.25) is 0 Å². The van der Waals surface area contributed by atoms with Crippen LogP contribution in [0.1, 0.15) is 258 Å². The van der Waals surface area contributed by atoms with E-state index in [1.54, 1.807) is 6.08 Å². The lowest BCUT2D eigenvalue weighted by molar-refractivity contribution is -0.379. The summed E-state index contributed by atoms with van der Waals surface area (Å²) in [6.07, 6.45) is 59.2. The Morgan fingerprint density at radius 1 is 0.366 bits per heavy atom. The Balaban J connectivity index is 1.42. The van der Waals surface area contributed by atoms with Gasteiger partial charge in [-0.3, -0.25) is 4.79 Å². The summed E-state index contributed by atoms with van der Waals surface area (Å²) in [5, 5.41) is 121. The molecule has 580 valence electrons. The Bertz CT molecular complexity index is 2300. The summed E-state index contributed by atoms with van der Waals surface area (Å²) in [5.41, 5.74) is 0. The minimum Gasteiger partial charge on any atom is -0.394 e. The second-order valence-electron chi connectivity index (χ2n) is 27.4. The smallest absolute Gasteiger partial charge is 0.220 e. The van der Waals surface area contributed by atoms with Crippen LogP contribution >= 0.6 is 0 Å². The quantitative estimate of drug-likeness (QED) is 0.0199. The van der Waals surface area contributed by atoms with Crippen molar-refractivity contribution in [2.24, 2.45) is 0 Å². The number of rotatable bonds is 60. The van der Waals surface area contributed by atoms with Crippen LogP contribution in [-0.2, 0) is 33.2 Å². The predicted molar refractivity (Wildman–Crippen MR) is 401 cm³/mol. The van der Waals surface area contributed by atoms with Crippen molar-refractivity contribution in [1.29, 1.82) is 0 Å². The Kier molecular flexibility index (Phi) is 55.5. The highest BCUT2D eigenvalue weighted by Crippen LogP contribution is 2.33. The second-order valence-corrected chi connectivity index (χ2v) is 27.4. The Morgan fingerprint density at radius 3 is 1.11 bits per heavy atom. The number of nitrogens with one attached hydrogen (secondary N) is 1. The number of unbranched alkanes of at least 4 members (excludes halogenated alkanes) is 26. The molecule has 17 unspecified atom stereocenters. The number of ether oxygens (including phenoxy) is 6. The summed E-state index contributed by atoms with van der Waals surface area (Å²) in [6, 6.07) is -1.04. The first kappa shape index (κ1) is 91.4. The van der Waals surface area contributed by atoms with Gasteiger partial charge < -0.3 is 89.9 Å². The van der Waals surface area contributed by atoms with E-state index in [-0.39, 0.29) is 12.3 Å². The minimum atomic E-state index is -2.00. The molecular formula is C82H139NO18. The number of carbonyl (C=O) groups excluding carboxylic acids is 1. The van der Waals surface area contributed by atoms with Gasteiger partial charge in [-0.1, -0.05) is 277 Å². The number of hydrogen-bond donors (Lipinski definition) is 12. The van der Waals surface area contributed by atoms with Crippen LogP contribution in [0.25, 0.3) is 0 Å². The first-order valence-electron chi connectivity index (χ1n) is 39.3. The molecule has 1 amide bonds. The summed E-state index contributed by atoms with van der Waals surface area (Å²) in [6.45, 7) is 1.56. The van der Waals surface area contributed by atoms with Crippen LogP contribution < -0.4 is 5.32 Å². The molecule has 19 heteroatoms. The van der Waals surface area contributed by atoms with Crippen LogP contribution in [-0.4, -0.2) is 193 Å². The normalized spacial score (nSPS) is 27.0. The summed E-state index contributed by atoms with van der Waals surface area (Å²) in [5.74, 6) is -0.350. The topological polar surface area (TPSA) is 307 Å². The Labute approximate surface area is 608 Å². The van der Waals surface area contributed by atoms with Crippen molar-refractivity contribution in [3.05, 3.63) is 122 Å². The number of aliphatic hydroxyl groups is 11. The highest BCUT2D eigenvalue weighted by atomic mass is 16.8. The second kappa shape index (κ2) is 61.4. The molecule has 101 heavy (non-hydrogen) atoms. The van der Waals surface area contributed by atoms with Crippen LogP contribution in [0, 0.1) is 0 Å². The molecule has 0 radical (unpaired) electrons. The third kappa shape index (κ3) is 41.6. The molecule has 3 aliphatic heterocycles. The van der Waals surface area contributed by atoms with Crippen molar-refractivity contribution in [2.75, 3.05) is 26.4 Å². The van der Waals surface area contributed by atoms with E-state index in [9.17, 15) is 61.0 Å². The summed E-state index contributed by atoms with van der Waals surface area (Å²) in [4.78, 5) is 13.4. The number of amides is 1. The van der Waals surface area contributed by atoms with E-state index in [2.05, 4.69) is 122 Å². The van der Waals surface area contributed by atoms with Crippen LogP contribution in [0.15, 0.2) is 122 Å². The van der Waals surface area contributed by atoms with E-state index in [1.165, 1.54) is 148 Å². The Morgan fingerprint density at radius 2 is 0.693 bits per heavy atom. The highest BCUT2D eigenvalue weighted by Gasteiger charge is 2.53. The monoisotopic (exact) mass is 1430 g/mol. The fourth-order valence-electron chi connectivity index (χ4n) is 12.4. The summed E-state index contributed by atoms with van der Waals surface area (Å²) in [7, 11) is 0. The van der Waals surface area contributed by atoms with Gasteiger partial charge in [-0.2, -0.15) is 0 Å². The number of hydrogen-bond acceptors (Lipinski definition) is 18. The molecule has 19 nitrogen and oxygen atoms in total. The fourth-order valence-corrected chi connectivity index (χ4v) is 12.4. The Hall–Kier alpha value is -3.81. The molecule has 12 N–H and O–H groups in total. The fraction of sp³-hybridized carbons (Fsp3) is 0.744. The molecule has 3 fully saturated rings. The maximum absolute atomic E-state index is 13.4. The summed E-state index contributed by atoms with van der Waals surface area (Å²) < 4.78 is 34.3. The molecular weight excluding hydrogens is 1290 g/mol. The molecule has 3 aliphatic rings. The molecule has 3 rings (SSSR count). The molecule has 0 saturated carbocycles. The van der Waals surface area contributed by atoms with Gasteiger partial charge in [0.25, 0.3) is 0 Å². The number of aliphatic hydroxyl groups excluding tert-OH is 11. The van der Waals surface area contributed by atoms with Gasteiger partial charge in [0, 0.05) is 6.42 Å². The van der Waals surface area contributed by atoms with Gasteiger partial charge in [-0.25, -0.2) is 0 Å². The van der Waals surface area contributed by atoms with E-state index in [0.29, 0.717) is 19.3 Å². The van der Waals surface area contributed by atoms with Crippen molar-refractivity contribution < 1.29 is 89.4 Å². The molecule has 0 aromatic heterocycles. The lowest BCUT2D eigenvalue weighted by atomic mass is 9.96. The zero-order valence-electron chi connectivity index (χ0n) is 61.8. The average molecular weight is 1430 g/mol. The van der Waals surface area contributed by atoms with Crippen LogP contribution in [0.3, 0.4) is 0 Å². The molecule has 3 saturated heterocycles. The third-order valence-corrected chi connectivity index (χ3v) is 18.7. The van der Waals surface area contributed by atoms with Crippen molar-refractivity contribution in [1.82, 2.24) is 5.32 Å². The van der Waals surface area contributed by atoms with Crippen molar-refractivity contribution in [2.45, 2.75) is 362 Å². The van der Waals surface area contributed by atoms with Gasteiger partial charge in [-0.15, -0.1) is 0 Å². The number of carbonyl (C=O) groups is 1. The standard InChI is InChI=1S/C82H139NO18/c1-3-5-7-9-11-13-15-17-19-21-23-25-27-28-29-30-31-32-33-34-35-36-38-39-41-43-45-47-49-51-53-55-57-59-66(87)65(83-70(88)60-58-56-54-52-50-48-46-44-42-40-37-26-24-22-20-18-16-14-12-10-8-6-4-2)64-96-80-76(94)73(91)78(68(62-85)98-80)101-82-77(95)74(92)79(69(63-86)99-82)100-81-75(93)72(90)71(89)67(61-84)97-81/h6,8,12,14,18,20,24,26,40-43,46,48-49,51-52,54,57,59,65-69,71-82,84-87,89-95H,3-5,7,9-11,13,15-17,19,21-23,25,27-39,44-45,47,50,53,55-56,58,60-64H2,1-2H3,(H,83,88)/b8-6-,14-12-,20-18-,26-24-,42-40-,43-41+,48-46-,51-49+,54-52-,59-57+. The lowest BCUT2D eigenvalue weighted by Gasteiger charge is -2.48. The van der Waals surface area contributed by atoms with Crippen LogP contribution in [0.5, 0.6) is 0 Å². The van der Waals surface area contributed by atoms with Gasteiger partial charge in [0.2, 0.25) is 5.91 Å². The van der Waals surface area contributed by atoms with Gasteiger partial charge in [0.1, 0.15) is 73.2 Å². The zero-order valence-corrected chi connectivity index (χ0v) is 61.8. The average Bonchev–Trinajstić information content (AvgIpc) is 0.782. The SMILES string of the molecule is CC/C=C\C/C=C\C/C=C\C/C=C\C/C=C\C/C=C\C/C=C\CCCC(=O)NC(COC1OC(CO)C(OC2OC(CO)C(OC3OC(CO)C(O)C(O)C3O)C(O)C2O)C(O)C1O)C(O)/C=C/CC/C=C/CC/C=C/CCCCCCCCCCCCCCCCCCCCCCCCC. The van der Waals surface area contributed by atoms with Gasteiger partial charge in [0.05, 0.1) is 38.6 Å². The van der Waals surface area contributed by atoms with E-state index in [0.717, 1.165) is 70.6 Å². The molecule has 3 heterocycles. The minimum absolute atomic E-state index is 0.144. The molecule has 0 aromatic rings. The van der Waals surface area contributed by atoms with Crippen molar-refractivity contribution in [3.63, 3.8) is 0 Å². The maximum atomic E-state index is 13.4. The molecule has 0 spiro atoms. The van der Waals surface area contributed by atoms with Crippen molar-refractivity contribution in [3.8, 4) is 0 Å². The maximum Gasteiger partial charge on any atom is 0.220 e. The van der Waals surface area contributed by atoms with E-state index in [1.807, 2.05) is 12.2 Å². The van der Waals surface area contributed by atoms with Crippen molar-refractivity contribution >= 4 is 5.91 Å². The third-order valence-electron chi connectivity index (χ3n) is 18.7. The first-order chi connectivity index (χ1) is 49.3. The lowest BCUT2D eigenvalue weighted by Crippen LogP contribution is -2.66. The molecule has 17 atom stereocenters. The number of allylic oxidation sites excluding steroid dienone is 19. The van der Waals surface area contributed by atoms with Gasteiger partial charge in [0.15, 0.2) is 18.9 Å². The molecule has 0 aromatic carbocycles. The van der Waals surface area contributed by atoms with Gasteiger partial charge in [-0.05, 0) is 96.3 Å². The van der Waals surface area contributed by atoms with E-state index in [4.69, 9.17) is 28.4 Å². The van der Waals surface area contributed by atoms with E-state index >= 15 is 0 Å². The zero-order chi connectivity index (χ0) is 73.2. The summed E-state index contributed by atoms with van der Waals surface area (Å²) >= 11 is 0.